The Kier molecular flexibility index (Phi) is 9.13. The van der Waals surface area contributed by atoms with E-state index in [1.54, 1.807) is 24.0 Å². The van der Waals surface area contributed by atoms with E-state index in [-0.39, 0.29) is 38.1 Å². The number of ether oxygens (including phenoxy) is 1. The number of carbonyl (C=O) groups excluding carboxylic acids is 2. The molecule has 0 spiro atoms. The maximum atomic E-state index is 13.7. The van der Waals surface area contributed by atoms with Crippen molar-refractivity contribution < 1.29 is 32.6 Å². The van der Waals surface area contributed by atoms with Crippen LogP contribution in [0.4, 0.5) is 13.2 Å². The van der Waals surface area contributed by atoms with Gasteiger partial charge in [-0.1, -0.05) is 49.4 Å². The van der Waals surface area contributed by atoms with Gasteiger partial charge in [-0.25, -0.2) is 0 Å². The molecule has 0 aliphatic carbocycles. The summed E-state index contributed by atoms with van der Waals surface area (Å²) >= 11 is 0. The molecule has 3 atom stereocenters. The molecule has 9 heteroatoms. The predicted molar refractivity (Wildman–Crippen MR) is 130 cm³/mol. The zero-order valence-corrected chi connectivity index (χ0v) is 20.8. The summed E-state index contributed by atoms with van der Waals surface area (Å²) in [4.78, 5) is 29.0. The lowest BCUT2D eigenvalue weighted by molar-refractivity contribution is -0.149. The van der Waals surface area contributed by atoms with Crippen molar-refractivity contribution in [2.24, 2.45) is 5.92 Å². The van der Waals surface area contributed by atoms with Gasteiger partial charge in [0, 0.05) is 38.0 Å². The maximum absolute atomic E-state index is 13.7. The van der Waals surface area contributed by atoms with Crippen molar-refractivity contribution in [3.05, 3.63) is 59.7 Å². The Morgan fingerprint density at radius 3 is 2.39 bits per heavy atom. The Hall–Kier alpha value is -2.91. The molecular formula is C27H33F3N2O4. The number of hydrogen-bond donors (Lipinski definition) is 1. The number of carbonyl (C=O) groups is 2. The number of halogens is 3. The largest absolute Gasteiger partial charge is 0.394 e. The number of aliphatic hydroxyl groups excluding tert-OH is 1. The van der Waals surface area contributed by atoms with Crippen molar-refractivity contribution in [1.82, 2.24) is 9.80 Å². The molecule has 0 bridgehead atoms. The minimum atomic E-state index is -4.41. The number of hydrogen-bond acceptors (Lipinski definition) is 4. The summed E-state index contributed by atoms with van der Waals surface area (Å²) in [5, 5.41) is 9.88. The third kappa shape index (κ3) is 6.85. The monoisotopic (exact) mass is 506 g/mol. The van der Waals surface area contributed by atoms with Gasteiger partial charge < -0.3 is 19.6 Å². The molecule has 0 radical (unpaired) electrons. The number of nitrogens with zero attached hydrogens (tertiary/aromatic N) is 2. The highest BCUT2D eigenvalue weighted by atomic mass is 19.4. The summed E-state index contributed by atoms with van der Waals surface area (Å²) in [6, 6.07) is 14.4. The molecule has 0 saturated heterocycles. The molecular weight excluding hydrogens is 473 g/mol. The number of aliphatic hydroxyl groups is 1. The van der Waals surface area contributed by atoms with Crippen LogP contribution >= 0.6 is 0 Å². The van der Waals surface area contributed by atoms with Crippen LogP contribution in [0.15, 0.2) is 48.5 Å². The van der Waals surface area contributed by atoms with Gasteiger partial charge in [0.1, 0.15) is 0 Å². The molecule has 1 heterocycles. The van der Waals surface area contributed by atoms with E-state index in [0.717, 1.165) is 16.7 Å². The van der Waals surface area contributed by atoms with Gasteiger partial charge in [-0.3, -0.25) is 9.59 Å². The van der Waals surface area contributed by atoms with Crippen LogP contribution < -0.4 is 0 Å². The number of amides is 2. The molecule has 36 heavy (non-hydrogen) atoms. The topological polar surface area (TPSA) is 70.1 Å². The third-order valence-corrected chi connectivity index (χ3v) is 6.60. The third-order valence-electron chi connectivity index (χ3n) is 6.60. The van der Waals surface area contributed by atoms with Crippen LogP contribution in [0.25, 0.3) is 11.1 Å². The van der Waals surface area contributed by atoms with Crippen molar-refractivity contribution in [1.29, 1.82) is 0 Å². The highest BCUT2D eigenvalue weighted by Gasteiger charge is 2.32. The normalized spacial score (nSPS) is 19.6. The van der Waals surface area contributed by atoms with Crippen LogP contribution in [0.3, 0.4) is 0 Å². The van der Waals surface area contributed by atoms with Crippen molar-refractivity contribution in [3.63, 3.8) is 0 Å². The van der Waals surface area contributed by atoms with E-state index in [9.17, 15) is 27.9 Å². The lowest BCUT2D eigenvalue weighted by atomic mass is 9.94. The van der Waals surface area contributed by atoms with Crippen molar-refractivity contribution in [2.75, 3.05) is 26.7 Å². The van der Waals surface area contributed by atoms with Gasteiger partial charge in [-0.05, 0) is 29.7 Å². The average Bonchev–Trinajstić information content (AvgIpc) is 2.87. The predicted octanol–water partition coefficient (Wildman–Crippen LogP) is 4.51. The van der Waals surface area contributed by atoms with Crippen LogP contribution in [0.5, 0.6) is 0 Å². The molecule has 196 valence electrons. The van der Waals surface area contributed by atoms with Crippen LogP contribution in [0, 0.1) is 5.92 Å². The molecule has 0 aromatic heterocycles. The van der Waals surface area contributed by atoms with E-state index in [1.807, 2.05) is 43.3 Å². The van der Waals surface area contributed by atoms with E-state index >= 15 is 0 Å². The Bertz CT molecular complexity index is 1060. The molecule has 2 aromatic rings. The molecule has 3 rings (SSSR count). The molecule has 1 aliphatic heterocycles. The Morgan fingerprint density at radius 1 is 1.14 bits per heavy atom. The zero-order chi connectivity index (χ0) is 26.5. The minimum Gasteiger partial charge on any atom is -0.394 e. The molecule has 2 amide bonds. The molecule has 6 nitrogen and oxygen atoms in total. The Balaban J connectivity index is 1.96. The maximum Gasteiger partial charge on any atom is 0.389 e. The second-order valence-corrected chi connectivity index (χ2v) is 9.41. The number of benzene rings is 2. The van der Waals surface area contributed by atoms with Gasteiger partial charge in [-0.2, -0.15) is 13.2 Å². The quantitative estimate of drug-likeness (QED) is 0.626. The summed E-state index contributed by atoms with van der Waals surface area (Å²) in [6.45, 7) is 3.90. The van der Waals surface area contributed by atoms with E-state index in [1.165, 1.54) is 11.9 Å². The van der Waals surface area contributed by atoms with Crippen LogP contribution in [0.1, 0.15) is 42.6 Å². The summed E-state index contributed by atoms with van der Waals surface area (Å²) in [5.41, 5.74) is 2.95. The van der Waals surface area contributed by atoms with E-state index in [0.29, 0.717) is 5.56 Å². The standard InChI is InChI=1S/C27H33F3N2O4/c1-18-14-32(19(2)16-33)26(35)23-11-7-6-10-22(23)21-9-5-4-8-20(21)17-36-24(18)15-31(3)25(34)12-13-27(28,29)30/h4-11,18-19,24,33H,12-17H2,1-3H3/t18-,19+,24+/m0/s1. The first-order valence-electron chi connectivity index (χ1n) is 12.0. The van der Waals surface area contributed by atoms with E-state index in [2.05, 4.69) is 0 Å². The van der Waals surface area contributed by atoms with Gasteiger partial charge >= 0.3 is 6.18 Å². The van der Waals surface area contributed by atoms with Crippen molar-refractivity contribution in [2.45, 2.75) is 51.6 Å². The Morgan fingerprint density at radius 2 is 1.75 bits per heavy atom. The first-order chi connectivity index (χ1) is 17.0. The van der Waals surface area contributed by atoms with Gasteiger partial charge in [0.05, 0.1) is 31.8 Å². The number of alkyl halides is 3. The SMILES string of the molecule is C[C@H](CO)N1C[C@H](C)[C@@H](CN(C)C(=O)CCC(F)(F)F)OCc2ccccc2-c2ccccc2C1=O. The molecule has 0 fully saturated rings. The zero-order valence-electron chi connectivity index (χ0n) is 20.8. The van der Waals surface area contributed by atoms with Crippen molar-refractivity contribution in [3.8, 4) is 11.1 Å². The van der Waals surface area contributed by atoms with Crippen LogP contribution in [-0.4, -0.2) is 71.8 Å². The first kappa shape index (κ1) is 27.7. The molecule has 0 saturated carbocycles. The number of rotatable bonds is 6. The second-order valence-electron chi connectivity index (χ2n) is 9.41. The fourth-order valence-electron chi connectivity index (χ4n) is 4.36. The van der Waals surface area contributed by atoms with Gasteiger partial charge in [0.15, 0.2) is 0 Å². The molecule has 1 N–H and O–H groups in total. The van der Waals surface area contributed by atoms with Crippen molar-refractivity contribution >= 4 is 11.8 Å². The summed E-state index contributed by atoms with van der Waals surface area (Å²) in [7, 11) is 1.46. The van der Waals surface area contributed by atoms with Gasteiger partial charge in [0.25, 0.3) is 5.91 Å². The lowest BCUT2D eigenvalue weighted by Gasteiger charge is -2.35. The van der Waals surface area contributed by atoms with Crippen LogP contribution in [-0.2, 0) is 16.1 Å². The number of fused-ring (bicyclic) bond motifs is 3. The molecule has 0 unspecified atom stereocenters. The van der Waals surface area contributed by atoms with Crippen LogP contribution in [0.2, 0.25) is 0 Å². The van der Waals surface area contributed by atoms with Gasteiger partial charge in [0.2, 0.25) is 5.91 Å². The van der Waals surface area contributed by atoms with Gasteiger partial charge in [-0.15, -0.1) is 0 Å². The average molecular weight is 507 g/mol. The lowest BCUT2D eigenvalue weighted by Crippen LogP contribution is -2.47. The summed E-state index contributed by atoms with van der Waals surface area (Å²) < 4.78 is 44.1. The summed E-state index contributed by atoms with van der Waals surface area (Å²) in [5.74, 6) is -1.13. The van der Waals surface area contributed by atoms with E-state index in [4.69, 9.17) is 4.74 Å². The highest BCUT2D eigenvalue weighted by Crippen LogP contribution is 2.31. The minimum absolute atomic E-state index is 0.0719. The Labute approximate surface area is 209 Å². The first-order valence-corrected chi connectivity index (χ1v) is 12.0. The second kappa shape index (κ2) is 11.9. The summed E-state index contributed by atoms with van der Waals surface area (Å²) in [6.07, 6.45) is -6.78. The fraction of sp³-hybridized carbons (Fsp3) is 0.481. The molecule has 1 aliphatic rings. The highest BCUT2D eigenvalue weighted by molar-refractivity contribution is 6.01. The van der Waals surface area contributed by atoms with E-state index < -0.39 is 37.1 Å². The molecule has 2 aromatic carbocycles. The smallest absolute Gasteiger partial charge is 0.389 e. The number of likely N-dealkylation sites (N-methyl/N-ethyl adjacent to an activating group) is 1. The fourth-order valence-corrected chi connectivity index (χ4v) is 4.36.